The predicted molar refractivity (Wildman–Crippen MR) is 103 cm³/mol. The molecule has 0 aliphatic rings. The van der Waals surface area contributed by atoms with Crippen LogP contribution in [0.25, 0.3) is 11.3 Å². The predicted octanol–water partition coefficient (Wildman–Crippen LogP) is 4.82. The van der Waals surface area contributed by atoms with E-state index in [9.17, 15) is 5.11 Å². The number of benzene rings is 2. The molecule has 1 heterocycles. The van der Waals surface area contributed by atoms with Gasteiger partial charge in [0.15, 0.2) is 0 Å². The first-order valence-corrected chi connectivity index (χ1v) is 8.85. The lowest BCUT2D eigenvalue weighted by Gasteiger charge is -2.20. The highest BCUT2D eigenvalue weighted by Gasteiger charge is 2.16. The maximum atomic E-state index is 10.4. The van der Waals surface area contributed by atoms with Gasteiger partial charge in [0.05, 0.1) is 24.8 Å². The van der Waals surface area contributed by atoms with E-state index in [1.807, 2.05) is 67.6 Å². The van der Waals surface area contributed by atoms with Crippen LogP contribution in [0, 0.1) is 0 Å². The molecule has 2 aromatic carbocycles. The van der Waals surface area contributed by atoms with E-state index in [2.05, 4.69) is 5.32 Å². The molecule has 2 atom stereocenters. The molecule has 2 N–H and O–H groups in total. The summed E-state index contributed by atoms with van der Waals surface area (Å²) < 4.78 is 11.1. The summed E-state index contributed by atoms with van der Waals surface area (Å²) >= 11 is 6.18. The monoisotopic (exact) mass is 371 g/mol. The number of hydrogen-bond acceptors (Lipinski definition) is 4. The number of nitrogens with one attached hydrogen (secondary N) is 1. The Balaban J connectivity index is 1.62. The topological polar surface area (TPSA) is 54.6 Å². The van der Waals surface area contributed by atoms with Crippen molar-refractivity contribution in [3.8, 4) is 17.1 Å². The van der Waals surface area contributed by atoms with Gasteiger partial charge >= 0.3 is 0 Å². The normalized spacial score (nSPS) is 13.4. The molecule has 0 amide bonds. The lowest BCUT2D eigenvalue weighted by Crippen LogP contribution is -2.31. The van der Waals surface area contributed by atoms with E-state index in [0.29, 0.717) is 17.3 Å². The van der Waals surface area contributed by atoms with E-state index in [1.54, 1.807) is 7.11 Å². The third-order valence-electron chi connectivity index (χ3n) is 4.31. The van der Waals surface area contributed by atoms with Gasteiger partial charge in [-0.05, 0) is 42.8 Å². The van der Waals surface area contributed by atoms with Crippen molar-refractivity contribution in [1.29, 1.82) is 0 Å². The van der Waals surface area contributed by atoms with Crippen LogP contribution in [-0.4, -0.2) is 18.3 Å². The number of hydrogen-bond donors (Lipinski definition) is 2. The Kier molecular flexibility index (Phi) is 5.99. The zero-order valence-electron chi connectivity index (χ0n) is 14.8. The van der Waals surface area contributed by atoms with E-state index < -0.39 is 6.10 Å². The average Bonchev–Trinajstić information content (AvgIpc) is 3.15. The lowest BCUT2D eigenvalue weighted by molar-refractivity contribution is 0.134. The van der Waals surface area contributed by atoms with Crippen molar-refractivity contribution in [1.82, 2.24) is 5.32 Å². The smallest absolute Gasteiger partial charge is 0.137 e. The van der Waals surface area contributed by atoms with E-state index >= 15 is 0 Å². The van der Waals surface area contributed by atoms with Crippen LogP contribution in [0.2, 0.25) is 5.02 Å². The summed E-state index contributed by atoms with van der Waals surface area (Å²) in [6.45, 7) is 2.47. The molecule has 0 spiro atoms. The number of rotatable bonds is 7. The number of ether oxygens (including phenoxy) is 1. The van der Waals surface area contributed by atoms with Crippen molar-refractivity contribution in [3.63, 3.8) is 0 Å². The second kappa shape index (κ2) is 8.41. The minimum absolute atomic E-state index is 0.110. The van der Waals surface area contributed by atoms with Crippen molar-refractivity contribution in [2.75, 3.05) is 7.11 Å². The molecule has 26 heavy (non-hydrogen) atoms. The van der Waals surface area contributed by atoms with Gasteiger partial charge in [0.25, 0.3) is 0 Å². The van der Waals surface area contributed by atoms with Crippen LogP contribution in [0.15, 0.2) is 65.1 Å². The molecule has 0 aliphatic heterocycles. The van der Waals surface area contributed by atoms with Gasteiger partial charge in [-0.15, -0.1) is 0 Å². The van der Waals surface area contributed by atoms with Crippen LogP contribution in [0.3, 0.4) is 0 Å². The van der Waals surface area contributed by atoms with Crippen LogP contribution in [0.4, 0.5) is 0 Å². The number of methoxy groups -OCH3 is 1. The van der Waals surface area contributed by atoms with Gasteiger partial charge in [0, 0.05) is 11.6 Å². The molecule has 1 aromatic heterocycles. The molecule has 2 unspecified atom stereocenters. The first kappa shape index (κ1) is 18.5. The fourth-order valence-electron chi connectivity index (χ4n) is 2.76. The van der Waals surface area contributed by atoms with Gasteiger partial charge in [0.1, 0.15) is 17.3 Å². The molecule has 0 aliphatic carbocycles. The van der Waals surface area contributed by atoms with Gasteiger partial charge in [-0.3, -0.25) is 0 Å². The summed E-state index contributed by atoms with van der Waals surface area (Å²) in [5.41, 5.74) is 1.78. The molecule has 0 radical (unpaired) electrons. The summed E-state index contributed by atoms with van der Waals surface area (Å²) in [6.07, 6.45) is -0.578. The minimum Gasteiger partial charge on any atom is -0.495 e. The lowest BCUT2D eigenvalue weighted by atomic mass is 10.0. The maximum absolute atomic E-state index is 10.4. The number of halogens is 1. The summed E-state index contributed by atoms with van der Waals surface area (Å²) in [6, 6.07) is 18.9. The van der Waals surface area contributed by atoms with Crippen LogP contribution in [0.5, 0.6) is 5.75 Å². The summed E-state index contributed by atoms with van der Waals surface area (Å²) in [5, 5.41) is 14.3. The average molecular weight is 372 g/mol. The second-order valence-corrected chi connectivity index (χ2v) is 6.55. The van der Waals surface area contributed by atoms with E-state index in [0.717, 1.165) is 22.6 Å². The van der Waals surface area contributed by atoms with E-state index in [-0.39, 0.29) is 6.04 Å². The first-order valence-electron chi connectivity index (χ1n) is 8.47. The van der Waals surface area contributed by atoms with Crippen LogP contribution in [-0.2, 0) is 6.54 Å². The van der Waals surface area contributed by atoms with Gasteiger partial charge < -0.3 is 19.6 Å². The molecule has 0 bridgehead atoms. The summed E-state index contributed by atoms with van der Waals surface area (Å²) in [7, 11) is 1.59. The Hall–Kier alpha value is -2.27. The van der Waals surface area contributed by atoms with Crippen molar-refractivity contribution < 1.29 is 14.3 Å². The number of aliphatic hydroxyl groups excluding tert-OH is 1. The highest BCUT2D eigenvalue weighted by atomic mass is 35.5. The van der Waals surface area contributed by atoms with E-state index in [1.165, 1.54) is 0 Å². The van der Waals surface area contributed by atoms with Crippen molar-refractivity contribution in [2.24, 2.45) is 0 Å². The van der Waals surface area contributed by atoms with Crippen molar-refractivity contribution in [2.45, 2.75) is 25.6 Å². The summed E-state index contributed by atoms with van der Waals surface area (Å²) in [4.78, 5) is 0. The quantitative estimate of drug-likeness (QED) is 0.625. The largest absolute Gasteiger partial charge is 0.495 e. The third kappa shape index (κ3) is 4.28. The van der Waals surface area contributed by atoms with Gasteiger partial charge in [-0.2, -0.15) is 0 Å². The highest BCUT2D eigenvalue weighted by molar-refractivity contribution is 6.32. The molecule has 3 rings (SSSR count). The standard InChI is InChI=1S/C21H22ClNO3/c1-14(21(24)15-6-4-3-5-7-15)23-13-17-9-11-19(26-17)16-8-10-20(25-2)18(22)12-16/h3-12,14,21,23-24H,13H2,1-2H3. The van der Waals surface area contributed by atoms with E-state index in [4.69, 9.17) is 20.8 Å². The molecule has 136 valence electrons. The molecular weight excluding hydrogens is 350 g/mol. The van der Waals surface area contributed by atoms with Crippen LogP contribution >= 0.6 is 11.6 Å². The SMILES string of the molecule is COc1ccc(-c2ccc(CNC(C)C(O)c3ccccc3)o2)cc1Cl. The fourth-order valence-corrected chi connectivity index (χ4v) is 3.02. The Labute approximate surface area is 158 Å². The Morgan fingerprint density at radius 3 is 2.58 bits per heavy atom. The number of furan rings is 1. The maximum Gasteiger partial charge on any atom is 0.137 e. The Bertz CT molecular complexity index is 847. The Morgan fingerprint density at radius 2 is 1.88 bits per heavy atom. The molecule has 5 heteroatoms. The molecule has 0 saturated heterocycles. The molecule has 0 saturated carbocycles. The number of aliphatic hydroxyl groups is 1. The molecule has 3 aromatic rings. The Morgan fingerprint density at radius 1 is 1.12 bits per heavy atom. The molecule has 0 fully saturated rings. The van der Waals surface area contributed by atoms with Crippen molar-refractivity contribution in [3.05, 3.63) is 77.0 Å². The van der Waals surface area contributed by atoms with Gasteiger partial charge in [-0.1, -0.05) is 41.9 Å². The highest BCUT2D eigenvalue weighted by Crippen LogP contribution is 2.31. The van der Waals surface area contributed by atoms with Crippen LogP contribution in [0.1, 0.15) is 24.4 Å². The van der Waals surface area contributed by atoms with Gasteiger partial charge in [-0.25, -0.2) is 0 Å². The molecular formula is C21H22ClNO3. The zero-order chi connectivity index (χ0) is 18.5. The fraction of sp³-hybridized carbons (Fsp3) is 0.238. The minimum atomic E-state index is -0.578. The van der Waals surface area contributed by atoms with Crippen molar-refractivity contribution >= 4 is 11.6 Å². The summed E-state index contributed by atoms with van der Waals surface area (Å²) in [5.74, 6) is 2.16. The third-order valence-corrected chi connectivity index (χ3v) is 4.61. The molecule has 4 nitrogen and oxygen atoms in total. The van der Waals surface area contributed by atoms with Gasteiger partial charge in [0.2, 0.25) is 0 Å². The zero-order valence-corrected chi connectivity index (χ0v) is 15.5. The first-order chi connectivity index (χ1) is 12.6. The second-order valence-electron chi connectivity index (χ2n) is 6.14. The van der Waals surface area contributed by atoms with Crippen LogP contribution < -0.4 is 10.1 Å².